The SMILES string of the molecule is COCC1CC1c1c(C(=O)O)cnc2sc(C)nc12. The normalized spacial score (nSPS) is 21.8. The number of rotatable bonds is 4. The molecule has 1 aliphatic rings. The molecule has 0 aliphatic heterocycles. The number of hydrogen-bond acceptors (Lipinski definition) is 5. The van der Waals surface area contributed by atoms with Crippen LogP contribution in [0.5, 0.6) is 0 Å². The molecule has 6 heteroatoms. The number of ether oxygens (including phenoxy) is 1. The van der Waals surface area contributed by atoms with Crippen LogP contribution < -0.4 is 0 Å². The van der Waals surface area contributed by atoms with Gasteiger partial charge in [0.15, 0.2) is 0 Å². The molecular weight excluding hydrogens is 264 g/mol. The summed E-state index contributed by atoms with van der Waals surface area (Å²) in [5.74, 6) is -0.299. The van der Waals surface area contributed by atoms with E-state index in [1.807, 2.05) is 6.92 Å². The average Bonchev–Trinajstić information content (AvgIpc) is 2.99. The lowest BCUT2D eigenvalue weighted by Gasteiger charge is -2.06. The molecule has 1 saturated carbocycles. The number of nitrogens with zero attached hydrogens (tertiary/aromatic N) is 2. The third-order valence-corrected chi connectivity index (χ3v) is 4.36. The first-order valence-electron chi connectivity index (χ1n) is 6.10. The highest BCUT2D eigenvalue weighted by Crippen LogP contribution is 2.50. The smallest absolute Gasteiger partial charge is 0.337 e. The third-order valence-electron chi connectivity index (χ3n) is 3.48. The van der Waals surface area contributed by atoms with Crippen LogP contribution in [0.4, 0.5) is 0 Å². The number of carboxylic acid groups (broad SMARTS) is 1. The van der Waals surface area contributed by atoms with Crippen molar-refractivity contribution in [3.05, 3.63) is 22.3 Å². The molecule has 0 amide bonds. The summed E-state index contributed by atoms with van der Waals surface area (Å²) >= 11 is 1.50. The minimum Gasteiger partial charge on any atom is -0.478 e. The Balaban J connectivity index is 2.13. The van der Waals surface area contributed by atoms with Gasteiger partial charge >= 0.3 is 5.97 Å². The molecule has 2 aromatic heterocycles. The maximum atomic E-state index is 11.4. The van der Waals surface area contributed by atoms with Gasteiger partial charge in [0.25, 0.3) is 0 Å². The van der Waals surface area contributed by atoms with E-state index in [0.717, 1.165) is 27.3 Å². The van der Waals surface area contributed by atoms with Crippen LogP contribution in [0.3, 0.4) is 0 Å². The van der Waals surface area contributed by atoms with E-state index in [9.17, 15) is 9.90 Å². The third kappa shape index (κ3) is 2.11. The zero-order valence-electron chi connectivity index (χ0n) is 10.7. The van der Waals surface area contributed by atoms with E-state index in [4.69, 9.17) is 4.74 Å². The van der Waals surface area contributed by atoms with Gasteiger partial charge in [-0.3, -0.25) is 0 Å². The number of pyridine rings is 1. The molecule has 2 heterocycles. The second kappa shape index (κ2) is 4.54. The summed E-state index contributed by atoms with van der Waals surface area (Å²) in [6, 6.07) is 0. The molecule has 0 bridgehead atoms. The summed E-state index contributed by atoms with van der Waals surface area (Å²) in [5.41, 5.74) is 1.87. The quantitative estimate of drug-likeness (QED) is 0.930. The Morgan fingerprint density at radius 1 is 1.63 bits per heavy atom. The molecule has 0 radical (unpaired) electrons. The largest absolute Gasteiger partial charge is 0.478 e. The summed E-state index contributed by atoms with van der Waals surface area (Å²) in [5, 5.41) is 10.2. The lowest BCUT2D eigenvalue weighted by atomic mass is 10.0. The standard InChI is InChI=1S/C13H14N2O3S/c1-6-15-11-10(8-3-7(8)5-18-2)9(13(16)17)4-14-12(11)19-6/h4,7-8H,3,5H2,1-2H3,(H,16,17). The molecule has 5 nitrogen and oxygen atoms in total. The van der Waals surface area contributed by atoms with E-state index in [2.05, 4.69) is 9.97 Å². The van der Waals surface area contributed by atoms with Crippen molar-refractivity contribution in [3.8, 4) is 0 Å². The van der Waals surface area contributed by atoms with Crippen LogP contribution >= 0.6 is 11.3 Å². The van der Waals surface area contributed by atoms with Gasteiger partial charge in [-0.15, -0.1) is 0 Å². The Bertz CT molecular complexity index is 653. The van der Waals surface area contributed by atoms with E-state index in [0.29, 0.717) is 12.5 Å². The van der Waals surface area contributed by atoms with Crippen LogP contribution in [-0.4, -0.2) is 34.8 Å². The number of hydrogen-bond donors (Lipinski definition) is 1. The number of fused-ring (bicyclic) bond motifs is 1. The first-order valence-corrected chi connectivity index (χ1v) is 6.91. The Kier molecular flexibility index (Phi) is 2.99. The van der Waals surface area contributed by atoms with Crippen LogP contribution in [0.25, 0.3) is 10.3 Å². The Morgan fingerprint density at radius 2 is 2.42 bits per heavy atom. The maximum Gasteiger partial charge on any atom is 0.337 e. The molecule has 2 unspecified atom stereocenters. The highest BCUT2D eigenvalue weighted by molar-refractivity contribution is 7.18. The molecule has 2 atom stereocenters. The number of methoxy groups -OCH3 is 1. The monoisotopic (exact) mass is 278 g/mol. The van der Waals surface area contributed by atoms with E-state index in [1.165, 1.54) is 17.5 Å². The molecular formula is C13H14N2O3S. The fourth-order valence-corrected chi connectivity index (χ4v) is 3.32. The Hall–Kier alpha value is -1.53. The molecule has 1 aliphatic carbocycles. The number of aromatic carboxylic acids is 1. The molecule has 19 heavy (non-hydrogen) atoms. The fourth-order valence-electron chi connectivity index (χ4n) is 2.54. The molecule has 3 rings (SSSR count). The summed E-state index contributed by atoms with van der Waals surface area (Å²) in [6.07, 6.45) is 2.42. The minimum atomic E-state index is -0.932. The number of carboxylic acids is 1. The van der Waals surface area contributed by atoms with Gasteiger partial charge in [-0.2, -0.15) is 0 Å². The van der Waals surface area contributed by atoms with Crippen molar-refractivity contribution in [2.24, 2.45) is 5.92 Å². The zero-order chi connectivity index (χ0) is 13.6. The van der Waals surface area contributed by atoms with Crippen LogP contribution in [0, 0.1) is 12.8 Å². The molecule has 0 saturated heterocycles. The van der Waals surface area contributed by atoms with Crippen molar-refractivity contribution in [3.63, 3.8) is 0 Å². The molecule has 0 aromatic carbocycles. The van der Waals surface area contributed by atoms with Crippen molar-refractivity contribution in [1.29, 1.82) is 0 Å². The fraction of sp³-hybridized carbons (Fsp3) is 0.462. The lowest BCUT2D eigenvalue weighted by molar-refractivity contribution is 0.0695. The number of aromatic nitrogens is 2. The highest BCUT2D eigenvalue weighted by Gasteiger charge is 2.42. The molecule has 1 N–H and O–H groups in total. The highest BCUT2D eigenvalue weighted by atomic mass is 32.1. The summed E-state index contributed by atoms with van der Waals surface area (Å²) < 4.78 is 5.15. The summed E-state index contributed by atoms with van der Waals surface area (Å²) in [6.45, 7) is 2.58. The first kappa shape index (κ1) is 12.5. The second-order valence-corrected chi connectivity index (χ2v) is 6.02. The van der Waals surface area contributed by atoms with Gasteiger partial charge < -0.3 is 9.84 Å². The van der Waals surface area contributed by atoms with Crippen LogP contribution in [-0.2, 0) is 4.74 Å². The molecule has 0 spiro atoms. The van der Waals surface area contributed by atoms with Gasteiger partial charge in [-0.1, -0.05) is 11.3 Å². The van der Waals surface area contributed by atoms with E-state index in [1.54, 1.807) is 7.11 Å². The predicted molar refractivity (Wildman–Crippen MR) is 71.8 cm³/mol. The van der Waals surface area contributed by atoms with Crippen molar-refractivity contribution in [1.82, 2.24) is 9.97 Å². The van der Waals surface area contributed by atoms with Gasteiger partial charge in [-0.05, 0) is 25.2 Å². The van der Waals surface area contributed by atoms with Gasteiger partial charge in [0, 0.05) is 25.5 Å². The predicted octanol–water partition coefficient (Wildman–Crippen LogP) is 2.45. The molecule has 1 fully saturated rings. The summed E-state index contributed by atoms with van der Waals surface area (Å²) in [4.78, 5) is 20.9. The van der Waals surface area contributed by atoms with E-state index < -0.39 is 5.97 Å². The van der Waals surface area contributed by atoms with Crippen LogP contribution in [0.15, 0.2) is 6.20 Å². The summed E-state index contributed by atoms with van der Waals surface area (Å²) in [7, 11) is 1.67. The van der Waals surface area contributed by atoms with Gasteiger partial charge in [0.2, 0.25) is 0 Å². The number of carbonyl (C=O) groups is 1. The topological polar surface area (TPSA) is 72.3 Å². The molecule has 2 aromatic rings. The molecule has 100 valence electrons. The van der Waals surface area contributed by atoms with Crippen molar-refractivity contribution in [2.75, 3.05) is 13.7 Å². The Morgan fingerprint density at radius 3 is 3.11 bits per heavy atom. The van der Waals surface area contributed by atoms with E-state index >= 15 is 0 Å². The minimum absolute atomic E-state index is 0.234. The zero-order valence-corrected chi connectivity index (χ0v) is 11.5. The van der Waals surface area contributed by atoms with E-state index in [-0.39, 0.29) is 11.5 Å². The Labute approximate surface area is 114 Å². The number of aryl methyl sites for hydroxylation is 1. The number of thiazole rings is 1. The van der Waals surface area contributed by atoms with Crippen LogP contribution in [0.1, 0.15) is 33.3 Å². The lowest BCUT2D eigenvalue weighted by Crippen LogP contribution is -2.05. The second-order valence-electron chi connectivity index (χ2n) is 4.83. The van der Waals surface area contributed by atoms with Crippen molar-refractivity contribution >= 4 is 27.7 Å². The van der Waals surface area contributed by atoms with Gasteiger partial charge in [0.05, 0.1) is 10.6 Å². The maximum absolute atomic E-state index is 11.4. The van der Waals surface area contributed by atoms with Crippen LogP contribution in [0.2, 0.25) is 0 Å². The van der Waals surface area contributed by atoms with Gasteiger partial charge in [0.1, 0.15) is 10.3 Å². The first-order chi connectivity index (χ1) is 9.11. The van der Waals surface area contributed by atoms with Gasteiger partial charge in [-0.25, -0.2) is 14.8 Å². The van der Waals surface area contributed by atoms with Crippen molar-refractivity contribution < 1.29 is 14.6 Å². The average molecular weight is 278 g/mol. The van der Waals surface area contributed by atoms with Crippen molar-refractivity contribution in [2.45, 2.75) is 19.3 Å².